The summed E-state index contributed by atoms with van der Waals surface area (Å²) in [6.45, 7) is 6.57. The Balaban J connectivity index is 1.52. The van der Waals surface area contributed by atoms with Crippen LogP contribution in [0.15, 0.2) is 66.1 Å². The number of rotatable bonds is 5. The molecule has 0 aliphatic carbocycles. The van der Waals surface area contributed by atoms with Crippen LogP contribution in [0.5, 0.6) is 0 Å². The van der Waals surface area contributed by atoms with Gasteiger partial charge in [0.2, 0.25) is 5.91 Å². The van der Waals surface area contributed by atoms with Crippen LogP contribution in [-0.2, 0) is 10.2 Å². The SMILES string of the molecule is CC(C)(C)c1ccc(SCC(=O)Nc2ccc(-n3cncn3)cc2)cc1. The van der Waals surface area contributed by atoms with Crippen LogP contribution in [0.1, 0.15) is 26.3 Å². The Bertz CT molecular complexity index is 850. The quantitative estimate of drug-likeness (QED) is 0.684. The van der Waals surface area contributed by atoms with Crippen molar-refractivity contribution >= 4 is 23.4 Å². The predicted octanol–water partition coefficient (Wildman–Crippen LogP) is 4.30. The molecule has 134 valence electrons. The molecule has 3 aromatic rings. The van der Waals surface area contributed by atoms with Crippen molar-refractivity contribution in [2.45, 2.75) is 31.1 Å². The number of nitrogens with one attached hydrogen (secondary N) is 1. The third-order valence-corrected chi connectivity index (χ3v) is 4.94. The molecule has 0 aliphatic heterocycles. The molecule has 0 saturated heterocycles. The molecule has 0 unspecified atom stereocenters. The summed E-state index contributed by atoms with van der Waals surface area (Å²) in [5, 5.41) is 6.99. The number of aromatic nitrogens is 3. The number of anilines is 1. The highest BCUT2D eigenvalue weighted by Crippen LogP contribution is 2.25. The van der Waals surface area contributed by atoms with Crippen LogP contribution in [-0.4, -0.2) is 26.4 Å². The van der Waals surface area contributed by atoms with E-state index in [1.807, 2.05) is 24.3 Å². The van der Waals surface area contributed by atoms with E-state index in [-0.39, 0.29) is 11.3 Å². The smallest absolute Gasteiger partial charge is 0.234 e. The largest absolute Gasteiger partial charge is 0.325 e. The lowest BCUT2D eigenvalue weighted by Gasteiger charge is -2.19. The van der Waals surface area contributed by atoms with E-state index in [0.717, 1.165) is 16.3 Å². The zero-order chi connectivity index (χ0) is 18.6. The van der Waals surface area contributed by atoms with Crippen LogP contribution in [0, 0.1) is 0 Å². The monoisotopic (exact) mass is 366 g/mol. The van der Waals surface area contributed by atoms with Crippen LogP contribution in [0.3, 0.4) is 0 Å². The lowest BCUT2D eigenvalue weighted by molar-refractivity contribution is -0.113. The first-order chi connectivity index (χ1) is 12.4. The molecule has 0 bridgehead atoms. The highest BCUT2D eigenvalue weighted by molar-refractivity contribution is 8.00. The number of nitrogens with zero attached hydrogens (tertiary/aromatic N) is 3. The molecule has 1 heterocycles. The second kappa shape index (κ2) is 7.74. The Kier molecular flexibility index (Phi) is 5.42. The van der Waals surface area contributed by atoms with E-state index in [2.05, 4.69) is 60.4 Å². The molecule has 0 spiro atoms. The summed E-state index contributed by atoms with van der Waals surface area (Å²) in [5.41, 5.74) is 3.09. The van der Waals surface area contributed by atoms with Crippen LogP contribution in [0.2, 0.25) is 0 Å². The second-order valence-corrected chi connectivity index (χ2v) is 8.05. The van der Waals surface area contributed by atoms with Crippen molar-refractivity contribution in [3.05, 3.63) is 66.7 Å². The Morgan fingerprint density at radius 3 is 2.35 bits per heavy atom. The van der Waals surface area contributed by atoms with E-state index in [1.54, 1.807) is 11.0 Å². The van der Waals surface area contributed by atoms with Crippen molar-refractivity contribution in [3.8, 4) is 5.69 Å². The van der Waals surface area contributed by atoms with Gasteiger partial charge in [0.05, 0.1) is 11.4 Å². The molecule has 26 heavy (non-hydrogen) atoms. The van der Waals surface area contributed by atoms with Gasteiger partial charge in [-0.05, 0) is 47.4 Å². The number of hydrogen-bond donors (Lipinski definition) is 1. The van der Waals surface area contributed by atoms with Crippen LogP contribution in [0.25, 0.3) is 5.69 Å². The fraction of sp³-hybridized carbons (Fsp3) is 0.250. The van der Waals surface area contributed by atoms with Gasteiger partial charge in [-0.2, -0.15) is 5.10 Å². The van der Waals surface area contributed by atoms with Crippen molar-refractivity contribution in [2.75, 3.05) is 11.1 Å². The van der Waals surface area contributed by atoms with Crippen LogP contribution < -0.4 is 5.32 Å². The summed E-state index contributed by atoms with van der Waals surface area (Å²) in [7, 11) is 0. The lowest BCUT2D eigenvalue weighted by Crippen LogP contribution is -2.14. The minimum atomic E-state index is -0.0246. The second-order valence-electron chi connectivity index (χ2n) is 7.00. The van der Waals surface area contributed by atoms with Crippen molar-refractivity contribution < 1.29 is 4.79 Å². The first-order valence-corrected chi connectivity index (χ1v) is 9.39. The first-order valence-electron chi connectivity index (χ1n) is 8.40. The Labute approximate surface area is 157 Å². The zero-order valence-electron chi connectivity index (χ0n) is 15.1. The summed E-state index contributed by atoms with van der Waals surface area (Å²) in [6, 6.07) is 15.9. The summed E-state index contributed by atoms with van der Waals surface area (Å²) in [5.74, 6) is 0.350. The van der Waals surface area contributed by atoms with Gasteiger partial charge in [-0.25, -0.2) is 9.67 Å². The number of amides is 1. The minimum Gasteiger partial charge on any atom is -0.325 e. The molecule has 1 aromatic heterocycles. The normalized spacial score (nSPS) is 11.3. The zero-order valence-corrected chi connectivity index (χ0v) is 16.0. The van der Waals surface area contributed by atoms with Crippen molar-refractivity contribution in [2.24, 2.45) is 0 Å². The van der Waals surface area contributed by atoms with E-state index < -0.39 is 0 Å². The number of thioether (sulfide) groups is 1. The van der Waals surface area contributed by atoms with E-state index >= 15 is 0 Å². The van der Waals surface area contributed by atoms with Gasteiger partial charge in [-0.1, -0.05) is 32.9 Å². The molecule has 1 amide bonds. The molecule has 1 N–H and O–H groups in total. The van der Waals surface area contributed by atoms with Crippen molar-refractivity contribution in [1.82, 2.24) is 14.8 Å². The van der Waals surface area contributed by atoms with Crippen molar-refractivity contribution in [3.63, 3.8) is 0 Å². The lowest BCUT2D eigenvalue weighted by atomic mass is 9.87. The fourth-order valence-electron chi connectivity index (χ4n) is 2.44. The van der Waals surface area contributed by atoms with Gasteiger partial charge < -0.3 is 5.32 Å². The predicted molar refractivity (Wildman–Crippen MR) is 106 cm³/mol. The average Bonchev–Trinajstić information content (AvgIpc) is 3.15. The van der Waals surface area contributed by atoms with Gasteiger partial charge in [0.15, 0.2) is 0 Å². The van der Waals surface area contributed by atoms with Crippen LogP contribution >= 0.6 is 11.8 Å². The molecule has 0 aliphatic rings. The summed E-state index contributed by atoms with van der Waals surface area (Å²) in [6.07, 6.45) is 3.12. The Hall–Kier alpha value is -2.60. The topological polar surface area (TPSA) is 59.8 Å². The molecular weight excluding hydrogens is 344 g/mol. The molecule has 5 nitrogen and oxygen atoms in total. The van der Waals surface area contributed by atoms with Gasteiger partial charge in [0.1, 0.15) is 12.7 Å². The first kappa shape index (κ1) is 18.2. The highest BCUT2D eigenvalue weighted by atomic mass is 32.2. The maximum Gasteiger partial charge on any atom is 0.234 e. The molecule has 0 fully saturated rings. The average molecular weight is 366 g/mol. The third kappa shape index (κ3) is 4.73. The standard InChI is InChI=1S/C20H22N4OS/c1-20(2,3)15-4-10-18(11-5-15)26-12-19(25)23-16-6-8-17(9-7-16)24-14-21-13-22-24/h4-11,13-14H,12H2,1-3H3,(H,23,25). The van der Waals surface area contributed by atoms with Gasteiger partial charge in [0, 0.05) is 10.6 Å². The third-order valence-electron chi connectivity index (χ3n) is 3.92. The number of carbonyl (C=O) groups is 1. The summed E-state index contributed by atoms with van der Waals surface area (Å²) < 4.78 is 1.67. The molecule has 0 radical (unpaired) electrons. The van der Waals surface area contributed by atoms with Gasteiger partial charge in [0.25, 0.3) is 0 Å². The number of hydrogen-bond acceptors (Lipinski definition) is 4. The molecule has 3 rings (SSSR count). The van der Waals surface area contributed by atoms with Crippen molar-refractivity contribution in [1.29, 1.82) is 0 Å². The molecule has 2 aromatic carbocycles. The maximum absolute atomic E-state index is 12.2. The summed E-state index contributed by atoms with van der Waals surface area (Å²) in [4.78, 5) is 17.2. The fourth-order valence-corrected chi connectivity index (χ4v) is 3.13. The van der Waals surface area contributed by atoms with Gasteiger partial charge in [-0.3, -0.25) is 4.79 Å². The number of carbonyl (C=O) groups excluding carboxylic acids is 1. The Morgan fingerprint density at radius 2 is 1.77 bits per heavy atom. The number of benzene rings is 2. The highest BCUT2D eigenvalue weighted by Gasteiger charge is 2.13. The molecule has 0 saturated carbocycles. The van der Waals surface area contributed by atoms with Gasteiger partial charge in [-0.15, -0.1) is 11.8 Å². The van der Waals surface area contributed by atoms with E-state index in [1.165, 1.54) is 23.7 Å². The van der Waals surface area contributed by atoms with E-state index in [9.17, 15) is 4.79 Å². The van der Waals surface area contributed by atoms with Crippen LogP contribution in [0.4, 0.5) is 5.69 Å². The maximum atomic E-state index is 12.2. The van der Waals surface area contributed by atoms with Gasteiger partial charge >= 0.3 is 0 Å². The summed E-state index contributed by atoms with van der Waals surface area (Å²) >= 11 is 1.53. The van der Waals surface area contributed by atoms with E-state index in [0.29, 0.717) is 5.75 Å². The minimum absolute atomic E-state index is 0.0246. The molecule has 6 heteroatoms. The Morgan fingerprint density at radius 1 is 1.08 bits per heavy atom. The molecule has 0 atom stereocenters. The molecular formula is C20H22N4OS. The van der Waals surface area contributed by atoms with E-state index in [4.69, 9.17) is 0 Å².